The summed E-state index contributed by atoms with van der Waals surface area (Å²) in [5.74, 6) is -3.40. The van der Waals surface area contributed by atoms with E-state index < -0.39 is 47.5 Å². The van der Waals surface area contributed by atoms with Crippen LogP contribution in [-0.4, -0.2) is 45.1 Å². The van der Waals surface area contributed by atoms with Crippen LogP contribution in [0.1, 0.15) is 12.8 Å². The van der Waals surface area contributed by atoms with Crippen molar-refractivity contribution < 1.29 is 28.7 Å². The van der Waals surface area contributed by atoms with Crippen molar-refractivity contribution in [1.29, 1.82) is 0 Å². The molecule has 0 aromatic carbocycles. The minimum absolute atomic E-state index is 0.00222. The minimum Gasteiger partial charge on any atom is -0.393 e. The number of esters is 4. The molecule has 0 aromatic heterocycles. The van der Waals surface area contributed by atoms with Gasteiger partial charge >= 0.3 is 23.9 Å². The molecule has 0 radical (unpaired) electrons. The number of rotatable bonds is 2. The predicted molar refractivity (Wildman–Crippen MR) is 93.8 cm³/mol. The second kappa shape index (κ2) is 5.42. The molecule has 2 heterocycles. The molecule has 6 nitrogen and oxygen atoms in total. The Balaban J connectivity index is 1.26. The lowest BCUT2D eigenvalue weighted by Gasteiger charge is -2.37. The van der Waals surface area contributed by atoms with Crippen LogP contribution in [-0.2, 0) is 28.7 Å². The molecule has 4 bridgehead atoms. The van der Waals surface area contributed by atoms with Crippen molar-refractivity contribution >= 4 is 58.8 Å². The molecular formula is C18H16Cl2O6S. The van der Waals surface area contributed by atoms with Gasteiger partial charge in [0.1, 0.15) is 0 Å². The molecule has 2 aliphatic heterocycles. The highest BCUT2D eigenvalue weighted by molar-refractivity contribution is 8.00. The molecule has 144 valence electrons. The summed E-state index contributed by atoms with van der Waals surface area (Å²) in [5.41, 5.74) is 0. The highest BCUT2D eigenvalue weighted by Gasteiger charge is 2.70. The van der Waals surface area contributed by atoms with Gasteiger partial charge in [0.15, 0.2) is 0 Å². The van der Waals surface area contributed by atoms with Gasteiger partial charge in [0.25, 0.3) is 0 Å². The first kappa shape index (κ1) is 17.1. The molecule has 6 fully saturated rings. The molecule has 4 saturated carbocycles. The fourth-order valence-corrected chi connectivity index (χ4v) is 10.1. The van der Waals surface area contributed by atoms with E-state index in [4.69, 9.17) is 32.7 Å². The lowest BCUT2D eigenvalue weighted by molar-refractivity contribution is -0.156. The summed E-state index contributed by atoms with van der Waals surface area (Å²) in [5, 5.41) is -0.464. The fourth-order valence-electron chi connectivity index (χ4n) is 6.86. The first-order chi connectivity index (χ1) is 12.9. The number of hydrogen-bond donors (Lipinski definition) is 0. The topological polar surface area (TPSA) is 86.7 Å². The third kappa shape index (κ3) is 1.96. The molecule has 12 unspecified atom stereocenters. The van der Waals surface area contributed by atoms with Crippen LogP contribution in [0.4, 0.5) is 0 Å². The smallest absolute Gasteiger partial charge is 0.317 e. The Bertz CT molecular complexity index is 739. The molecule has 0 spiro atoms. The van der Waals surface area contributed by atoms with Gasteiger partial charge in [0.2, 0.25) is 0 Å². The highest BCUT2D eigenvalue weighted by atomic mass is 35.5. The Kier molecular flexibility index (Phi) is 3.43. The van der Waals surface area contributed by atoms with Crippen molar-refractivity contribution in [2.75, 3.05) is 0 Å². The van der Waals surface area contributed by atoms with Crippen LogP contribution in [0.3, 0.4) is 0 Å². The van der Waals surface area contributed by atoms with Crippen LogP contribution in [0.2, 0.25) is 0 Å². The Labute approximate surface area is 169 Å². The number of alkyl halides is 2. The number of ether oxygens (including phenoxy) is 2. The monoisotopic (exact) mass is 430 g/mol. The molecule has 12 atom stereocenters. The van der Waals surface area contributed by atoms with Gasteiger partial charge in [-0.05, 0) is 36.5 Å². The van der Waals surface area contributed by atoms with Crippen LogP contribution in [0.25, 0.3) is 0 Å². The largest absolute Gasteiger partial charge is 0.393 e. The van der Waals surface area contributed by atoms with Gasteiger partial charge < -0.3 is 9.47 Å². The third-order valence-electron chi connectivity index (χ3n) is 7.80. The summed E-state index contributed by atoms with van der Waals surface area (Å²) >= 11 is 15.1. The number of halogens is 2. The number of hydrogen-bond acceptors (Lipinski definition) is 7. The predicted octanol–water partition coefficient (Wildman–Crippen LogP) is 1.60. The van der Waals surface area contributed by atoms with Crippen LogP contribution < -0.4 is 0 Å². The van der Waals surface area contributed by atoms with Gasteiger partial charge in [-0.25, -0.2) is 0 Å². The normalized spacial score (nSPS) is 57.3. The Morgan fingerprint density at radius 2 is 0.963 bits per heavy atom. The van der Waals surface area contributed by atoms with Gasteiger partial charge in [-0.15, -0.1) is 23.2 Å². The van der Waals surface area contributed by atoms with Crippen LogP contribution in [0.15, 0.2) is 0 Å². The van der Waals surface area contributed by atoms with E-state index in [9.17, 15) is 19.2 Å². The highest BCUT2D eigenvalue weighted by Crippen LogP contribution is 2.65. The Morgan fingerprint density at radius 3 is 1.33 bits per heavy atom. The quantitative estimate of drug-likeness (QED) is 0.373. The lowest BCUT2D eigenvalue weighted by atomic mass is 9.80. The number of thioether (sulfide) groups is 1. The molecular weight excluding hydrogens is 415 g/mol. The van der Waals surface area contributed by atoms with Gasteiger partial charge in [-0.3, -0.25) is 19.2 Å². The molecule has 6 aliphatic rings. The zero-order valence-electron chi connectivity index (χ0n) is 14.0. The zero-order valence-corrected chi connectivity index (χ0v) is 16.3. The third-order valence-corrected chi connectivity index (χ3v) is 11.2. The first-order valence-electron chi connectivity index (χ1n) is 9.33. The van der Waals surface area contributed by atoms with Gasteiger partial charge in [0.05, 0.1) is 23.7 Å². The van der Waals surface area contributed by atoms with Gasteiger partial charge in [0, 0.05) is 21.3 Å². The van der Waals surface area contributed by atoms with Gasteiger partial charge in [-0.2, -0.15) is 11.8 Å². The molecule has 9 heteroatoms. The molecule has 0 amide bonds. The average molecular weight is 431 g/mol. The Hall–Kier alpha value is -0.790. The minimum atomic E-state index is -0.434. The number of carbonyl (C=O) groups is 4. The van der Waals surface area contributed by atoms with Crippen LogP contribution in [0, 0.1) is 47.3 Å². The SMILES string of the molecule is O=C1OC(=O)C2C3CC(C(Cl)C3SC3C(Cl)C4CC3C3C(=O)OC(=O)C43)C12. The van der Waals surface area contributed by atoms with Crippen molar-refractivity contribution in [3.05, 3.63) is 0 Å². The molecule has 0 N–H and O–H groups in total. The maximum Gasteiger partial charge on any atom is 0.317 e. The van der Waals surface area contributed by atoms with E-state index in [1.165, 1.54) is 0 Å². The fraction of sp³-hybridized carbons (Fsp3) is 0.778. The molecule has 4 aliphatic carbocycles. The van der Waals surface area contributed by atoms with E-state index in [1.54, 1.807) is 11.8 Å². The van der Waals surface area contributed by atoms with Crippen molar-refractivity contribution in [3.63, 3.8) is 0 Å². The van der Waals surface area contributed by atoms with E-state index in [0.717, 1.165) is 12.8 Å². The summed E-state index contributed by atoms with van der Waals surface area (Å²) in [6, 6.07) is 0. The summed E-state index contributed by atoms with van der Waals surface area (Å²) in [6.45, 7) is 0. The van der Waals surface area contributed by atoms with E-state index in [-0.39, 0.29) is 44.9 Å². The summed E-state index contributed by atoms with van der Waals surface area (Å²) in [4.78, 5) is 48.3. The first-order valence-corrected chi connectivity index (χ1v) is 11.1. The second-order valence-corrected chi connectivity index (χ2v) is 11.0. The summed E-state index contributed by atoms with van der Waals surface area (Å²) in [7, 11) is 0. The molecule has 2 saturated heterocycles. The van der Waals surface area contributed by atoms with Crippen molar-refractivity contribution in [3.8, 4) is 0 Å². The van der Waals surface area contributed by atoms with Crippen molar-refractivity contribution in [2.24, 2.45) is 47.3 Å². The van der Waals surface area contributed by atoms with E-state index >= 15 is 0 Å². The summed E-state index contributed by atoms with van der Waals surface area (Å²) < 4.78 is 9.72. The summed E-state index contributed by atoms with van der Waals surface area (Å²) in [6.07, 6.45) is 1.50. The number of carbonyl (C=O) groups excluding carboxylic acids is 4. The molecule has 27 heavy (non-hydrogen) atoms. The van der Waals surface area contributed by atoms with E-state index in [1.807, 2.05) is 0 Å². The lowest BCUT2D eigenvalue weighted by Crippen LogP contribution is -2.44. The zero-order chi connectivity index (χ0) is 18.8. The van der Waals surface area contributed by atoms with Crippen molar-refractivity contribution in [1.82, 2.24) is 0 Å². The van der Waals surface area contributed by atoms with Crippen LogP contribution in [0.5, 0.6) is 0 Å². The average Bonchev–Trinajstić information content (AvgIpc) is 3.39. The molecule has 0 aromatic rings. The number of fused-ring (bicyclic) bond motifs is 10. The standard InChI is InChI=1S/C18H16Cl2O6S/c19-11-3-1-5(9-7(3)15(21)25-17(9)23)13(11)27-14-6-2-4(12(14)20)8-10(6)18(24)26-16(8)22/h3-14H,1-2H2. The van der Waals surface area contributed by atoms with Gasteiger partial charge in [-0.1, -0.05) is 0 Å². The number of cyclic esters (lactones) is 4. The van der Waals surface area contributed by atoms with Crippen molar-refractivity contribution in [2.45, 2.75) is 34.1 Å². The molecule has 6 rings (SSSR count). The van der Waals surface area contributed by atoms with E-state index in [0.29, 0.717) is 0 Å². The van der Waals surface area contributed by atoms with Crippen LogP contribution >= 0.6 is 35.0 Å². The Morgan fingerprint density at radius 1 is 0.630 bits per heavy atom. The maximum atomic E-state index is 12.1. The maximum absolute atomic E-state index is 12.1. The second-order valence-electron chi connectivity index (χ2n) is 8.66. The van der Waals surface area contributed by atoms with E-state index in [2.05, 4.69) is 0 Å².